The van der Waals surface area contributed by atoms with E-state index in [1.807, 2.05) is 36.0 Å². The summed E-state index contributed by atoms with van der Waals surface area (Å²) in [6, 6.07) is 7.60. The highest BCUT2D eigenvalue weighted by Crippen LogP contribution is 2.24. The van der Waals surface area contributed by atoms with Crippen LogP contribution in [0, 0.1) is 5.92 Å². The molecule has 3 N–H and O–H groups in total. The van der Waals surface area contributed by atoms with Crippen molar-refractivity contribution in [2.75, 3.05) is 35.7 Å². The molecule has 1 unspecified atom stereocenters. The molecule has 1 saturated heterocycles. The number of nitrogens with one attached hydrogen (secondary N) is 3. The fourth-order valence-electron chi connectivity index (χ4n) is 1.87. The zero-order chi connectivity index (χ0) is 12.8. The molecule has 1 aromatic rings. The maximum absolute atomic E-state index is 11.1. The molecule has 1 aliphatic rings. The first-order valence-corrected chi connectivity index (χ1v) is 7.34. The van der Waals surface area contributed by atoms with Crippen LogP contribution < -0.4 is 16.0 Å². The van der Waals surface area contributed by atoms with Gasteiger partial charge in [-0.15, -0.1) is 0 Å². The Labute approximate surface area is 112 Å². The lowest BCUT2D eigenvalue weighted by molar-refractivity contribution is 0.254. The summed E-state index contributed by atoms with van der Waals surface area (Å²) in [6.45, 7) is 1.04. The van der Waals surface area contributed by atoms with Crippen molar-refractivity contribution in [2.45, 2.75) is 6.42 Å². The number of anilines is 2. The molecule has 0 spiro atoms. The lowest BCUT2D eigenvalue weighted by Gasteiger charge is -2.12. The van der Waals surface area contributed by atoms with Crippen LogP contribution in [-0.2, 0) is 0 Å². The van der Waals surface area contributed by atoms with E-state index in [4.69, 9.17) is 0 Å². The van der Waals surface area contributed by atoms with Crippen LogP contribution >= 0.6 is 11.8 Å². The van der Waals surface area contributed by atoms with E-state index < -0.39 is 0 Å². The summed E-state index contributed by atoms with van der Waals surface area (Å²) in [7, 11) is 1.60. The van der Waals surface area contributed by atoms with Crippen molar-refractivity contribution in [2.24, 2.45) is 5.92 Å². The second-order valence-corrected chi connectivity index (χ2v) is 5.54. The van der Waals surface area contributed by atoms with Gasteiger partial charge in [0.25, 0.3) is 0 Å². The standard InChI is InChI=1S/C13H19N3OS/c1-14-13(17)16-12-4-2-11(3-5-12)15-8-10-6-7-18-9-10/h2-5,10,15H,6-9H2,1H3,(H2,14,16,17). The van der Waals surface area contributed by atoms with Crippen molar-refractivity contribution in [3.63, 3.8) is 0 Å². The normalized spacial score (nSPS) is 18.4. The SMILES string of the molecule is CNC(=O)Nc1ccc(NCC2CCSC2)cc1. The van der Waals surface area contributed by atoms with Gasteiger partial charge in [0.2, 0.25) is 0 Å². The largest absolute Gasteiger partial charge is 0.385 e. The van der Waals surface area contributed by atoms with Gasteiger partial charge in [-0.25, -0.2) is 4.79 Å². The molecule has 1 aromatic carbocycles. The highest BCUT2D eigenvalue weighted by molar-refractivity contribution is 7.99. The number of benzene rings is 1. The molecule has 0 bridgehead atoms. The van der Waals surface area contributed by atoms with Crippen molar-refractivity contribution in [1.29, 1.82) is 0 Å². The number of hydrogen-bond donors (Lipinski definition) is 3. The molecule has 5 heteroatoms. The van der Waals surface area contributed by atoms with E-state index >= 15 is 0 Å². The molecule has 18 heavy (non-hydrogen) atoms. The summed E-state index contributed by atoms with van der Waals surface area (Å²) in [5, 5.41) is 8.70. The van der Waals surface area contributed by atoms with Crippen LogP contribution in [0.4, 0.5) is 16.2 Å². The second kappa shape index (κ2) is 6.54. The highest BCUT2D eigenvalue weighted by Gasteiger charge is 2.14. The number of hydrogen-bond acceptors (Lipinski definition) is 3. The number of urea groups is 1. The van der Waals surface area contributed by atoms with Gasteiger partial charge in [-0.1, -0.05) is 0 Å². The molecular formula is C13H19N3OS. The molecule has 0 radical (unpaired) electrons. The van der Waals surface area contributed by atoms with Gasteiger partial charge in [-0.05, 0) is 48.1 Å². The van der Waals surface area contributed by atoms with Crippen LogP contribution in [-0.4, -0.2) is 31.1 Å². The average Bonchev–Trinajstić information content (AvgIpc) is 2.91. The third-order valence-corrected chi connectivity index (χ3v) is 4.22. The zero-order valence-corrected chi connectivity index (χ0v) is 11.3. The first kappa shape index (κ1) is 13.1. The maximum Gasteiger partial charge on any atom is 0.318 e. The molecule has 0 aromatic heterocycles. The lowest BCUT2D eigenvalue weighted by atomic mass is 10.1. The monoisotopic (exact) mass is 265 g/mol. The van der Waals surface area contributed by atoms with Gasteiger partial charge in [-0.3, -0.25) is 0 Å². The van der Waals surface area contributed by atoms with Crippen LogP contribution in [0.2, 0.25) is 0 Å². The zero-order valence-electron chi connectivity index (χ0n) is 10.5. The number of carbonyl (C=O) groups excluding carboxylic acids is 1. The molecule has 1 aliphatic heterocycles. The van der Waals surface area contributed by atoms with E-state index in [2.05, 4.69) is 16.0 Å². The fourth-order valence-corrected chi connectivity index (χ4v) is 3.16. The van der Waals surface area contributed by atoms with Gasteiger partial charge in [-0.2, -0.15) is 11.8 Å². The minimum Gasteiger partial charge on any atom is -0.385 e. The first-order chi connectivity index (χ1) is 8.78. The number of thioether (sulfide) groups is 1. The predicted octanol–water partition coefficient (Wildman–Crippen LogP) is 2.60. The van der Waals surface area contributed by atoms with Crippen LogP contribution in [0.5, 0.6) is 0 Å². The molecule has 2 amide bonds. The maximum atomic E-state index is 11.1. The Bertz CT molecular complexity index is 388. The van der Waals surface area contributed by atoms with Gasteiger partial charge < -0.3 is 16.0 Å². The van der Waals surface area contributed by atoms with Gasteiger partial charge in [0.05, 0.1) is 0 Å². The lowest BCUT2D eigenvalue weighted by Crippen LogP contribution is -2.24. The Morgan fingerprint density at radius 3 is 2.67 bits per heavy atom. The fraction of sp³-hybridized carbons (Fsp3) is 0.462. The van der Waals surface area contributed by atoms with Crippen molar-refractivity contribution in [1.82, 2.24) is 5.32 Å². The van der Waals surface area contributed by atoms with E-state index in [1.54, 1.807) is 7.05 Å². The quantitative estimate of drug-likeness (QED) is 0.784. The molecular weight excluding hydrogens is 246 g/mol. The van der Waals surface area contributed by atoms with Gasteiger partial charge in [0.1, 0.15) is 0 Å². The summed E-state index contributed by atoms with van der Waals surface area (Å²) in [5.74, 6) is 3.35. The molecule has 0 saturated carbocycles. The Hall–Kier alpha value is -1.36. The third kappa shape index (κ3) is 3.84. The minimum atomic E-state index is -0.196. The summed E-state index contributed by atoms with van der Waals surface area (Å²) in [6.07, 6.45) is 1.31. The van der Waals surface area contributed by atoms with E-state index in [9.17, 15) is 4.79 Å². The average molecular weight is 265 g/mol. The molecule has 1 fully saturated rings. The van der Waals surface area contributed by atoms with E-state index in [1.165, 1.54) is 17.9 Å². The summed E-state index contributed by atoms with van der Waals surface area (Å²) < 4.78 is 0. The van der Waals surface area contributed by atoms with Crippen LogP contribution in [0.1, 0.15) is 6.42 Å². The first-order valence-electron chi connectivity index (χ1n) is 6.18. The summed E-state index contributed by atoms with van der Waals surface area (Å²) >= 11 is 2.03. The molecule has 98 valence electrons. The summed E-state index contributed by atoms with van der Waals surface area (Å²) in [4.78, 5) is 11.1. The smallest absolute Gasteiger partial charge is 0.318 e. The summed E-state index contributed by atoms with van der Waals surface area (Å²) in [5.41, 5.74) is 1.91. The Morgan fingerprint density at radius 2 is 2.06 bits per heavy atom. The number of amides is 2. The Kier molecular flexibility index (Phi) is 4.75. The highest BCUT2D eigenvalue weighted by atomic mass is 32.2. The minimum absolute atomic E-state index is 0.196. The van der Waals surface area contributed by atoms with E-state index in [0.717, 1.165) is 23.8 Å². The van der Waals surface area contributed by atoms with E-state index in [-0.39, 0.29) is 6.03 Å². The van der Waals surface area contributed by atoms with E-state index in [0.29, 0.717) is 0 Å². The van der Waals surface area contributed by atoms with Gasteiger partial charge >= 0.3 is 6.03 Å². The van der Waals surface area contributed by atoms with Crippen LogP contribution in [0.3, 0.4) is 0 Å². The van der Waals surface area contributed by atoms with Crippen LogP contribution in [0.15, 0.2) is 24.3 Å². The third-order valence-electron chi connectivity index (χ3n) is 2.99. The van der Waals surface area contributed by atoms with Gasteiger partial charge in [0.15, 0.2) is 0 Å². The predicted molar refractivity (Wildman–Crippen MR) is 78.4 cm³/mol. The second-order valence-electron chi connectivity index (χ2n) is 4.39. The molecule has 1 atom stereocenters. The number of carbonyl (C=O) groups is 1. The van der Waals surface area contributed by atoms with Crippen molar-refractivity contribution in [3.8, 4) is 0 Å². The molecule has 1 heterocycles. The van der Waals surface area contributed by atoms with Crippen molar-refractivity contribution >= 4 is 29.2 Å². The van der Waals surface area contributed by atoms with Crippen LogP contribution in [0.25, 0.3) is 0 Å². The molecule has 2 rings (SSSR count). The Morgan fingerprint density at radius 1 is 1.33 bits per heavy atom. The van der Waals surface area contributed by atoms with Gasteiger partial charge in [0, 0.05) is 25.0 Å². The van der Waals surface area contributed by atoms with Crippen molar-refractivity contribution in [3.05, 3.63) is 24.3 Å². The molecule has 4 nitrogen and oxygen atoms in total. The topological polar surface area (TPSA) is 53.2 Å². The molecule has 0 aliphatic carbocycles. The van der Waals surface area contributed by atoms with Crippen molar-refractivity contribution < 1.29 is 4.79 Å². The Balaban J connectivity index is 1.81. The number of rotatable bonds is 4.